The summed E-state index contributed by atoms with van der Waals surface area (Å²) in [5, 5.41) is 2.65. The summed E-state index contributed by atoms with van der Waals surface area (Å²) >= 11 is 0. The van der Waals surface area contributed by atoms with Crippen molar-refractivity contribution in [2.75, 3.05) is 17.3 Å². The van der Waals surface area contributed by atoms with E-state index in [1.807, 2.05) is 6.07 Å². The van der Waals surface area contributed by atoms with Gasteiger partial charge in [-0.15, -0.1) is 0 Å². The number of nitrogens with zero attached hydrogens (tertiary/aromatic N) is 2. The van der Waals surface area contributed by atoms with Crippen LogP contribution in [0.25, 0.3) is 0 Å². The van der Waals surface area contributed by atoms with Crippen molar-refractivity contribution < 1.29 is 23.5 Å². The van der Waals surface area contributed by atoms with Gasteiger partial charge < -0.3 is 15.0 Å². The zero-order valence-electron chi connectivity index (χ0n) is 17.9. The number of hydrogen-bond acceptors (Lipinski definition) is 4. The van der Waals surface area contributed by atoms with Gasteiger partial charge in [0.2, 0.25) is 5.91 Å². The third-order valence-electron chi connectivity index (χ3n) is 5.33. The summed E-state index contributed by atoms with van der Waals surface area (Å²) in [4.78, 5) is 41.8. The molecular formula is C25H22FN3O4. The first-order valence-corrected chi connectivity index (χ1v) is 10.3. The molecule has 33 heavy (non-hydrogen) atoms. The van der Waals surface area contributed by atoms with Crippen molar-refractivity contribution in [1.82, 2.24) is 4.90 Å². The Kier molecular flexibility index (Phi) is 6.35. The van der Waals surface area contributed by atoms with Crippen LogP contribution in [0.4, 0.5) is 20.6 Å². The van der Waals surface area contributed by atoms with Gasteiger partial charge in [0.25, 0.3) is 5.91 Å². The summed E-state index contributed by atoms with van der Waals surface area (Å²) in [5.41, 5.74) is 1.59. The highest BCUT2D eigenvalue weighted by molar-refractivity contribution is 6.22. The standard InChI is InChI=1S/C25H22FN3O4/c1-33-21-9-5-6-17(14-21)16-28-22(15-23(30)27-19-12-10-18(26)11-13-19)24(31)29(25(28)32)20-7-3-2-4-8-20/h2-14,22H,15-16H2,1H3,(H,27,30)/t22-/m0/s1. The number of nitrogens with one attached hydrogen (secondary N) is 1. The fourth-order valence-electron chi connectivity index (χ4n) is 3.72. The molecule has 0 bridgehead atoms. The van der Waals surface area contributed by atoms with Crippen molar-refractivity contribution in [3.05, 3.63) is 90.2 Å². The molecule has 0 spiro atoms. The maximum Gasteiger partial charge on any atom is 0.332 e. The maximum atomic E-state index is 13.3. The van der Waals surface area contributed by atoms with Crippen LogP contribution in [0, 0.1) is 5.82 Å². The number of carbonyl (C=O) groups excluding carboxylic acids is 3. The molecule has 8 heteroatoms. The van der Waals surface area contributed by atoms with E-state index in [0.29, 0.717) is 17.1 Å². The van der Waals surface area contributed by atoms with Gasteiger partial charge >= 0.3 is 6.03 Å². The lowest BCUT2D eigenvalue weighted by Gasteiger charge is -2.22. The molecule has 1 fully saturated rings. The molecule has 3 aromatic carbocycles. The number of hydrogen-bond donors (Lipinski definition) is 1. The Balaban J connectivity index is 1.60. The number of imide groups is 1. The molecule has 1 heterocycles. The highest BCUT2D eigenvalue weighted by Crippen LogP contribution is 2.29. The summed E-state index contributed by atoms with van der Waals surface area (Å²) in [5.74, 6) is -0.745. The van der Waals surface area contributed by atoms with E-state index in [2.05, 4.69) is 5.32 Å². The Morgan fingerprint density at radius 3 is 2.42 bits per heavy atom. The number of rotatable bonds is 7. The lowest BCUT2D eigenvalue weighted by Crippen LogP contribution is -2.37. The lowest BCUT2D eigenvalue weighted by atomic mass is 10.1. The second-order valence-corrected chi connectivity index (χ2v) is 7.55. The van der Waals surface area contributed by atoms with Gasteiger partial charge in [-0.05, 0) is 54.1 Å². The number of urea groups is 1. The highest BCUT2D eigenvalue weighted by Gasteiger charge is 2.46. The largest absolute Gasteiger partial charge is 0.497 e. The molecule has 4 amide bonds. The quantitative estimate of drug-likeness (QED) is 0.551. The molecule has 1 aliphatic rings. The van der Waals surface area contributed by atoms with Crippen LogP contribution in [-0.4, -0.2) is 35.9 Å². The van der Waals surface area contributed by atoms with Crippen LogP contribution in [-0.2, 0) is 16.1 Å². The van der Waals surface area contributed by atoms with Gasteiger partial charge in [-0.25, -0.2) is 14.1 Å². The number of halogens is 1. The van der Waals surface area contributed by atoms with Crippen molar-refractivity contribution in [2.24, 2.45) is 0 Å². The topological polar surface area (TPSA) is 79.0 Å². The third-order valence-corrected chi connectivity index (χ3v) is 5.33. The first kappa shape index (κ1) is 22.0. The van der Waals surface area contributed by atoms with Gasteiger partial charge in [0.15, 0.2) is 0 Å². The Hall–Kier alpha value is -4.20. The van der Waals surface area contributed by atoms with E-state index >= 15 is 0 Å². The molecule has 168 valence electrons. The van der Waals surface area contributed by atoms with Crippen LogP contribution in [0.5, 0.6) is 5.75 Å². The van der Waals surface area contributed by atoms with E-state index in [4.69, 9.17) is 4.74 Å². The van der Waals surface area contributed by atoms with Crippen LogP contribution in [0.3, 0.4) is 0 Å². The average Bonchev–Trinajstić information content (AvgIpc) is 3.05. The zero-order chi connectivity index (χ0) is 23.4. The third kappa shape index (κ3) is 4.85. The molecule has 1 saturated heterocycles. The van der Waals surface area contributed by atoms with Crippen LogP contribution < -0.4 is 15.0 Å². The lowest BCUT2D eigenvalue weighted by molar-refractivity contribution is -0.124. The molecule has 3 aromatic rings. The maximum absolute atomic E-state index is 13.3. The normalized spacial score (nSPS) is 15.6. The first-order chi connectivity index (χ1) is 16.0. The Labute approximate surface area is 190 Å². The van der Waals surface area contributed by atoms with Gasteiger partial charge in [-0.2, -0.15) is 0 Å². The summed E-state index contributed by atoms with van der Waals surface area (Å²) in [6, 6.07) is 19.6. The minimum absolute atomic E-state index is 0.125. The van der Waals surface area contributed by atoms with E-state index in [0.717, 1.165) is 10.5 Å². The number of para-hydroxylation sites is 1. The fourth-order valence-corrected chi connectivity index (χ4v) is 3.72. The van der Waals surface area contributed by atoms with E-state index in [9.17, 15) is 18.8 Å². The molecule has 4 rings (SSSR count). The minimum atomic E-state index is -0.996. The molecule has 0 radical (unpaired) electrons. The molecule has 7 nitrogen and oxygen atoms in total. The second-order valence-electron chi connectivity index (χ2n) is 7.55. The summed E-state index contributed by atoms with van der Waals surface area (Å²) < 4.78 is 18.4. The number of methoxy groups -OCH3 is 1. The van der Waals surface area contributed by atoms with Crippen LogP contribution in [0.15, 0.2) is 78.9 Å². The van der Waals surface area contributed by atoms with Crippen LogP contribution in [0.1, 0.15) is 12.0 Å². The smallest absolute Gasteiger partial charge is 0.332 e. The fraction of sp³-hybridized carbons (Fsp3) is 0.160. The monoisotopic (exact) mass is 447 g/mol. The molecule has 1 aliphatic heterocycles. The summed E-state index contributed by atoms with van der Waals surface area (Å²) in [6.45, 7) is 0.125. The van der Waals surface area contributed by atoms with Crippen LogP contribution >= 0.6 is 0 Å². The average molecular weight is 447 g/mol. The van der Waals surface area contributed by atoms with Crippen molar-refractivity contribution in [2.45, 2.75) is 19.0 Å². The minimum Gasteiger partial charge on any atom is -0.497 e. The summed E-state index contributed by atoms with van der Waals surface area (Å²) in [6.07, 6.45) is -0.241. The van der Waals surface area contributed by atoms with E-state index in [-0.39, 0.29) is 13.0 Å². The SMILES string of the molecule is COc1cccc(CN2C(=O)N(c3ccccc3)C(=O)[C@@H]2CC(=O)Nc2ccc(F)cc2)c1. The predicted octanol–water partition coefficient (Wildman–Crippen LogP) is 4.20. The van der Waals surface area contributed by atoms with Gasteiger partial charge in [0.05, 0.1) is 19.2 Å². The van der Waals surface area contributed by atoms with Gasteiger partial charge in [0.1, 0.15) is 17.6 Å². The molecule has 1 N–H and O–H groups in total. The summed E-state index contributed by atoms with van der Waals surface area (Å²) in [7, 11) is 1.55. The Bertz CT molecular complexity index is 1170. The van der Waals surface area contributed by atoms with Crippen LogP contribution in [0.2, 0.25) is 0 Å². The second kappa shape index (κ2) is 9.52. The van der Waals surface area contributed by atoms with Crippen molar-refractivity contribution >= 4 is 29.2 Å². The molecule has 0 aromatic heterocycles. The van der Waals surface area contributed by atoms with Crippen molar-refractivity contribution in [3.63, 3.8) is 0 Å². The Morgan fingerprint density at radius 1 is 1.00 bits per heavy atom. The zero-order valence-corrected chi connectivity index (χ0v) is 17.9. The molecule has 0 saturated carbocycles. The molecule has 0 aliphatic carbocycles. The van der Waals surface area contributed by atoms with Gasteiger partial charge in [-0.3, -0.25) is 9.59 Å². The molecule has 1 atom stereocenters. The number of amides is 4. The number of anilines is 2. The Morgan fingerprint density at radius 2 is 1.73 bits per heavy atom. The number of benzene rings is 3. The van der Waals surface area contributed by atoms with Crippen molar-refractivity contribution in [3.8, 4) is 5.75 Å². The van der Waals surface area contributed by atoms with Gasteiger partial charge in [0, 0.05) is 12.2 Å². The van der Waals surface area contributed by atoms with Gasteiger partial charge in [-0.1, -0.05) is 30.3 Å². The predicted molar refractivity (Wildman–Crippen MR) is 121 cm³/mol. The first-order valence-electron chi connectivity index (χ1n) is 10.3. The number of ether oxygens (including phenoxy) is 1. The van der Waals surface area contributed by atoms with E-state index in [1.165, 1.54) is 29.2 Å². The number of carbonyl (C=O) groups is 3. The van der Waals surface area contributed by atoms with E-state index in [1.54, 1.807) is 55.6 Å². The highest BCUT2D eigenvalue weighted by atomic mass is 19.1. The molecular weight excluding hydrogens is 425 g/mol. The van der Waals surface area contributed by atoms with Crippen molar-refractivity contribution in [1.29, 1.82) is 0 Å². The molecule has 0 unspecified atom stereocenters. The van der Waals surface area contributed by atoms with E-state index < -0.39 is 29.7 Å².